The summed E-state index contributed by atoms with van der Waals surface area (Å²) >= 11 is 0. The molecule has 1 aliphatic heterocycles. The van der Waals surface area contributed by atoms with Crippen molar-refractivity contribution in [2.75, 3.05) is 38.3 Å². The van der Waals surface area contributed by atoms with Crippen LogP contribution in [-0.4, -0.2) is 50.0 Å². The summed E-state index contributed by atoms with van der Waals surface area (Å²) < 4.78 is 5.21. The van der Waals surface area contributed by atoms with Gasteiger partial charge in [0.2, 0.25) is 5.91 Å². The standard InChI is InChI=1S/C15H22N2O3/c1-17(13-5-3-2-4-6-13)11-14(18)16-12-15(19)7-9-20-10-8-15/h2-6,19H,7-12H2,1H3,(H,16,18). The van der Waals surface area contributed by atoms with E-state index < -0.39 is 5.60 Å². The summed E-state index contributed by atoms with van der Waals surface area (Å²) in [5, 5.41) is 13.1. The zero-order chi connectivity index (χ0) is 14.4. The summed E-state index contributed by atoms with van der Waals surface area (Å²) in [6.07, 6.45) is 1.14. The van der Waals surface area contributed by atoms with Gasteiger partial charge in [-0.25, -0.2) is 0 Å². The Morgan fingerprint density at radius 2 is 2.00 bits per heavy atom. The van der Waals surface area contributed by atoms with E-state index in [0.29, 0.717) is 26.1 Å². The highest BCUT2D eigenvalue weighted by atomic mass is 16.5. The number of hydrogen-bond acceptors (Lipinski definition) is 4. The van der Waals surface area contributed by atoms with Crippen LogP contribution in [0.25, 0.3) is 0 Å². The Morgan fingerprint density at radius 3 is 2.65 bits per heavy atom. The van der Waals surface area contributed by atoms with E-state index in [0.717, 1.165) is 5.69 Å². The second kappa shape index (κ2) is 6.72. The minimum Gasteiger partial charge on any atom is -0.388 e. The SMILES string of the molecule is CN(CC(=O)NCC1(O)CCOCC1)c1ccccc1. The number of aliphatic hydroxyl groups is 1. The molecule has 1 aromatic rings. The summed E-state index contributed by atoms with van der Waals surface area (Å²) in [5.41, 5.74) is 0.173. The van der Waals surface area contributed by atoms with E-state index >= 15 is 0 Å². The van der Waals surface area contributed by atoms with Gasteiger partial charge in [-0.05, 0) is 12.1 Å². The lowest BCUT2D eigenvalue weighted by Gasteiger charge is -2.32. The van der Waals surface area contributed by atoms with E-state index in [-0.39, 0.29) is 19.0 Å². The molecule has 1 fully saturated rings. The minimum absolute atomic E-state index is 0.0868. The van der Waals surface area contributed by atoms with Crippen molar-refractivity contribution >= 4 is 11.6 Å². The van der Waals surface area contributed by atoms with Crippen LogP contribution >= 0.6 is 0 Å². The molecule has 0 aliphatic carbocycles. The fourth-order valence-electron chi connectivity index (χ4n) is 2.24. The molecule has 1 heterocycles. The molecule has 0 aromatic heterocycles. The maximum absolute atomic E-state index is 11.9. The van der Waals surface area contributed by atoms with Gasteiger partial charge in [0.15, 0.2) is 0 Å². The number of nitrogens with one attached hydrogen (secondary N) is 1. The van der Waals surface area contributed by atoms with E-state index in [1.54, 1.807) is 0 Å². The quantitative estimate of drug-likeness (QED) is 0.835. The predicted molar refractivity (Wildman–Crippen MR) is 77.7 cm³/mol. The Hall–Kier alpha value is -1.59. The highest BCUT2D eigenvalue weighted by Crippen LogP contribution is 2.19. The Kier molecular flexibility index (Phi) is 4.98. The first-order valence-electron chi connectivity index (χ1n) is 6.92. The number of para-hydroxylation sites is 1. The largest absolute Gasteiger partial charge is 0.388 e. The fraction of sp³-hybridized carbons (Fsp3) is 0.533. The monoisotopic (exact) mass is 278 g/mol. The van der Waals surface area contributed by atoms with Crippen molar-refractivity contribution in [2.24, 2.45) is 0 Å². The molecule has 5 heteroatoms. The topological polar surface area (TPSA) is 61.8 Å². The minimum atomic E-state index is -0.820. The van der Waals surface area contributed by atoms with Crippen molar-refractivity contribution in [1.82, 2.24) is 5.32 Å². The molecular formula is C15H22N2O3. The lowest BCUT2D eigenvalue weighted by atomic mass is 9.94. The third kappa shape index (κ3) is 4.21. The van der Waals surface area contributed by atoms with Gasteiger partial charge in [0.25, 0.3) is 0 Å². The highest BCUT2D eigenvalue weighted by Gasteiger charge is 2.30. The molecule has 0 unspecified atom stereocenters. The number of nitrogens with zero attached hydrogens (tertiary/aromatic N) is 1. The van der Waals surface area contributed by atoms with Crippen LogP contribution in [-0.2, 0) is 9.53 Å². The summed E-state index contributed by atoms with van der Waals surface area (Å²) in [6.45, 7) is 1.67. The molecule has 1 aromatic carbocycles. The first-order chi connectivity index (χ1) is 9.59. The molecule has 1 amide bonds. The molecular weight excluding hydrogens is 256 g/mol. The number of ether oxygens (including phenoxy) is 1. The van der Waals surface area contributed by atoms with Crippen LogP contribution in [0.2, 0.25) is 0 Å². The number of carbonyl (C=O) groups is 1. The average molecular weight is 278 g/mol. The van der Waals surface area contributed by atoms with Gasteiger partial charge in [0, 0.05) is 45.3 Å². The van der Waals surface area contributed by atoms with Crippen LogP contribution in [0.4, 0.5) is 5.69 Å². The van der Waals surface area contributed by atoms with Crippen molar-refractivity contribution in [3.8, 4) is 0 Å². The van der Waals surface area contributed by atoms with Gasteiger partial charge < -0.3 is 20.1 Å². The van der Waals surface area contributed by atoms with E-state index in [1.807, 2.05) is 42.3 Å². The van der Waals surface area contributed by atoms with Crippen molar-refractivity contribution in [1.29, 1.82) is 0 Å². The lowest BCUT2D eigenvalue weighted by Crippen LogP contribution is -2.48. The fourth-order valence-corrected chi connectivity index (χ4v) is 2.24. The number of rotatable bonds is 5. The molecule has 2 N–H and O–H groups in total. The molecule has 0 saturated carbocycles. The van der Waals surface area contributed by atoms with E-state index in [1.165, 1.54) is 0 Å². The molecule has 1 aliphatic rings. The average Bonchev–Trinajstić information content (AvgIpc) is 2.47. The van der Waals surface area contributed by atoms with Gasteiger partial charge in [0.05, 0.1) is 12.1 Å². The Morgan fingerprint density at radius 1 is 1.35 bits per heavy atom. The molecule has 0 radical (unpaired) electrons. The molecule has 20 heavy (non-hydrogen) atoms. The van der Waals surface area contributed by atoms with Crippen molar-refractivity contribution in [3.63, 3.8) is 0 Å². The molecule has 0 bridgehead atoms. The van der Waals surface area contributed by atoms with E-state index in [2.05, 4.69) is 5.32 Å². The van der Waals surface area contributed by atoms with Crippen LogP contribution in [0.3, 0.4) is 0 Å². The molecule has 110 valence electrons. The summed E-state index contributed by atoms with van der Waals surface area (Å²) in [6, 6.07) is 9.74. The molecule has 0 atom stereocenters. The maximum Gasteiger partial charge on any atom is 0.239 e. The number of hydrogen-bond donors (Lipinski definition) is 2. The van der Waals surface area contributed by atoms with Crippen molar-refractivity contribution in [2.45, 2.75) is 18.4 Å². The number of benzene rings is 1. The van der Waals surface area contributed by atoms with Crippen molar-refractivity contribution in [3.05, 3.63) is 30.3 Å². The van der Waals surface area contributed by atoms with Crippen molar-refractivity contribution < 1.29 is 14.6 Å². The molecule has 2 rings (SSSR count). The van der Waals surface area contributed by atoms with Crippen LogP contribution in [0.1, 0.15) is 12.8 Å². The van der Waals surface area contributed by atoms with E-state index in [9.17, 15) is 9.90 Å². The number of amides is 1. The van der Waals surface area contributed by atoms with Gasteiger partial charge in [-0.15, -0.1) is 0 Å². The van der Waals surface area contributed by atoms with Gasteiger partial charge in [0.1, 0.15) is 0 Å². The van der Waals surface area contributed by atoms with E-state index in [4.69, 9.17) is 4.74 Å². The second-order valence-corrected chi connectivity index (χ2v) is 5.31. The lowest BCUT2D eigenvalue weighted by molar-refractivity contribution is -0.122. The highest BCUT2D eigenvalue weighted by molar-refractivity contribution is 5.81. The zero-order valence-electron chi connectivity index (χ0n) is 11.8. The van der Waals surface area contributed by atoms with Gasteiger partial charge in [-0.3, -0.25) is 4.79 Å². The van der Waals surface area contributed by atoms with Crippen LogP contribution in [0.5, 0.6) is 0 Å². The van der Waals surface area contributed by atoms with Crippen LogP contribution in [0.15, 0.2) is 30.3 Å². The maximum atomic E-state index is 11.9. The van der Waals surface area contributed by atoms with Gasteiger partial charge >= 0.3 is 0 Å². The number of carbonyl (C=O) groups excluding carboxylic acids is 1. The van der Waals surface area contributed by atoms with Crippen LogP contribution < -0.4 is 10.2 Å². The Bertz CT molecular complexity index is 430. The number of anilines is 1. The first kappa shape index (κ1) is 14.8. The zero-order valence-corrected chi connectivity index (χ0v) is 11.8. The van der Waals surface area contributed by atoms with Gasteiger partial charge in [-0.1, -0.05) is 18.2 Å². The summed E-state index contributed by atoms with van der Waals surface area (Å²) in [7, 11) is 1.87. The third-order valence-electron chi connectivity index (χ3n) is 3.62. The van der Waals surface area contributed by atoms with Gasteiger partial charge in [-0.2, -0.15) is 0 Å². The molecule has 5 nitrogen and oxygen atoms in total. The first-order valence-corrected chi connectivity index (χ1v) is 6.92. The third-order valence-corrected chi connectivity index (χ3v) is 3.62. The second-order valence-electron chi connectivity index (χ2n) is 5.31. The molecule has 0 spiro atoms. The summed E-state index contributed by atoms with van der Waals surface area (Å²) in [4.78, 5) is 13.8. The Balaban J connectivity index is 1.78. The molecule has 1 saturated heterocycles. The normalized spacial score (nSPS) is 17.5. The number of likely N-dealkylation sites (N-methyl/N-ethyl adjacent to an activating group) is 1. The smallest absolute Gasteiger partial charge is 0.239 e. The predicted octanol–water partition coefficient (Wildman–Crippen LogP) is 0.780. The summed E-state index contributed by atoms with van der Waals surface area (Å²) in [5.74, 6) is -0.0868. The van der Waals surface area contributed by atoms with Crippen LogP contribution in [0, 0.1) is 0 Å². The Labute approximate surface area is 119 Å².